The number of rotatable bonds is 6. The van der Waals surface area contributed by atoms with Crippen molar-refractivity contribution in [3.63, 3.8) is 0 Å². The molecule has 3 atom stereocenters. The zero-order valence-electron chi connectivity index (χ0n) is 14.1. The average molecular weight is 331 g/mol. The smallest absolute Gasteiger partial charge is 0.224 e. The third-order valence-corrected chi connectivity index (χ3v) is 3.80. The zero-order chi connectivity index (χ0) is 16.2. The first-order valence-corrected chi connectivity index (χ1v) is 7.10. The van der Waals surface area contributed by atoms with Crippen LogP contribution in [0.1, 0.15) is 37.9 Å². The van der Waals surface area contributed by atoms with E-state index in [1.807, 2.05) is 39.8 Å². The fourth-order valence-corrected chi connectivity index (χ4v) is 2.12. The number of nitrogens with two attached hydrogens (primary N) is 1. The highest BCUT2D eigenvalue weighted by atomic mass is 35.5. The highest BCUT2D eigenvalue weighted by Crippen LogP contribution is 2.32. The molecule has 0 aromatic heterocycles. The lowest BCUT2D eigenvalue weighted by atomic mass is 9.99. The van der Waals surface area contributed by atoms with Crippen LogP contribution in [0.5, 0.6) is 11.5 Å². The van der Waals surface area contributed by atoms with Crippen molar-refractivity contribution in [2.75, 3.05) is 14.2 Å². The minimum Gasteiger partial charge on any atom is -0.493 e. The second-order valence-corrected chi connectivity index (χ2v) is 5.44. The molecule has 3 unspecified atom stereocenters. The van der Waals surface area contributed by atoms with Crippen LogP contribution in [0.25, 0.3) is 0 Å². The Morgan fingerprint density at radius 1 is 1.14 bits per heavy atom. The van der Waals surface area contributed by atoms with E-state index < -0.39 is 0 Å². The third kappa shape index (κ3) is 4.78. The van der Waals surface area contributed by atoms with Gasteiger partial charge in [-0.15, -0.1) is 12.4 Å². The van der Waals surface area contributed by atoms with E-state index in [-0.39, 0.29) is 36.3 Å². The van der Waals surface area contributed by atoms with Gasteiger partial charge in [0.25, 0.3) is 0 Å². The largest absolute Gasteiger partial charge is 0.493 e. The summed E-state index contributed by atoms with van der Waals surface area (Å²) >= 11 is 0. The molecular weight excluding hydrogens is 304 g/mol. The number of halogens is 1. The predicted octanol–water partition coefficient (Wildman–Crippen LogP) is 2.59. The van der Waals surface area contributed by atoms with Crippen LogP contribution in [0.4, 0.5) is 0 Å². The number of nitrogens with one attached hydrogen (secondary N) is 1. The van der Waals surface area contributed by atoms with Gasteiger partial charge in [-0.2, -0.15) is 0 Å². The first-order valence-electron chi connectivity index (χ1n) is 7.10. The van der Waals surface area contributed by atoms with Crippen LogP contribution < -0.4 is 20.5 Å². The lowest BCUT2D eigenvalue weighted by molar-refractivity contribution is -0.125. The van der Waals surface area contributed by atoms with Crippen LogP contribution in [-0.2, 0) is 4.79 Å². The van der Waals surface area contributed by atoms with Crippen LogP contribution in [0.15, 0.2) is 12.1 Å². The Bertz CT molecular complexity index is 506. The van der Waals surface area contributed by atoms with Crippen LogP contribution in [0.2, 0.25) is 0 Å². The maximum Gasteiger partial charge on any atom is 0.224 e. The molecule has 0 saturated heterocycles. The van der Waals surface area contributed by atoms with E-state index in [1.54, 1.807) is 14.2 Å². The molecule has 0 fully saturated rings. The van der Waals surface area contributed by atoms with Crippen molar-refractivity contribution in [3.8, 4) is 11.5 Å². The summed E-state index contributed by atoms with van der Waals surface area (Å²) < 4.78 is 10.6. The maximum atomic E-state index is 12.1. The predicted molar refractivity (Wildman–Crippen MR) is 90.9 cm³/mol. The van der Waals surface area contributed by atoms with E-state index in [2.05, 4.69) is 5.32 Å². The minimum absolute atomic E-state index is 0. The summed E-state index contributed by atoms with van der Waals surface area (Å²) in [5.74, 6) is 1.06. The first-order chi connectivity index (χ1) is 9.81. The van der Waals surface area contributed by atoms with Crippen molar-refractivity contribution < 1.29 is 14.3 Å². The van der Waals surface area contributed by atoms with Crippen molar-refractivity contribution in [1.29, 1.82) is 0 Å². The zero-order valence-corrected chi connectivity index (χ0v) is 14.9. The van der Waals surface area contributed by atoms with Crippen molar-refractivity contribution in [2.24, 2.45) is 11.7 Å². The molecule has 0 bridgehead atoms. The van der Waals surface area contributed by atoms with Crippen LogP contribution in [0, 0.1) is 12.8 Å². The summed E-state index contributed by atoms with van der Waals surface area (Å²) in [7, 11) is 3.20. The molecule has 22 heavy (non-hydrogen) atoms. The molecule has 0 saturated carbocycles. The Hall–Kier alpha value is -1.46. The fourth-order valence-electron chi connectivity index (χ4n) is 2.12. The van der Waals surface area contributed by atoms with Gasteiger partial charge in [-0.05, 0) is 44.0 Å². The Labute approximate surface area is 139 Å². The molecule has 0 heterocycles. The van der Waals surface area contributed by atoms with Crippen LogP contribution in [0.3, 0.4) is 0 Å². The standard InChI is InChI=1S/C16H26N2O3.ClH/c1-9-7-14(20-5)15(21-6)8-13(9)12(4)18-16(19)10(2)11(3)17;/h7-8,10-12H,17H2,1-6H3,(H,18,19);1H. The molecule has 0 aliphatic heterocycles. The first kappa shape index (κ1) is 20.5. The molecule has 126 valence electrons. The number of carbonyl (C=O) groups excluding carboxylic acids is 1. The van der Waals surface area contributed by atoms with Crippen molar-refractivity contribution >= 4 is 18.3 Å². The average Bonchev–Trinajstić information content (AvgIpc) is 2.45. The lowest BCUT2D eigenvalue weighted by Gasteiger charge is -2.22. The van der Waals surface area contributed by atoms with Gasteiger partial charge in [0.15, 0.2) is 11.5 Å². The normalized spacial score (nSPS) is 14.3. The number of aryl methyl sites for hydroxylation is 1. The van der Waals surface area contributed by atoms with Gasteiger partial charge in [-0.3, -0.25) is 4.79 Å². The topological polar surface area (TPSA) is 73.6 Å². The van der Waals surface area contributed by atoms with Crippen LogP contribution >= 0.6 is 12.4 Å². The number of benzene rings is 1. The highest BCUT2D eigenvalue weighted by Gasteiger charge is 2.21. The molecule has 1 aromatic rings. The van der Waals surface area contributed by atoms with E-state index in [0.717, 1.165) is 11.1 Å². The van der Waals surface area contributed by atoms with Crippen LogP contribution in [-0.4, -0.2) is 26.2 Å². The molecular formula is C16H27ClN2O3. The molecule has 1 amide bonds. The van der Waals surface area contributed by atoms with Crippen molar-refractivity contribution in [3.05, 3.63) is 23.3 Å². The number of hydrogen-bond donors (Lipinski definition) is 2. The molecule has 0 aliphatic rings. The van der Waals surface area contributed by atoms with E-state index in [4.69, 9.17) is 15.2 Å². The summed E-state index contributed by atoms with van der Waals surface area (Å²) in [4.78, 5) is 12.1. The van der Waals surface area contributed by atoms with E-state index in [1.165, 1.54) is 0 Å². The van der Waals surface area contributed by atoms with E-state index >= 15 is 0 Å². The van der Waals surface area contributed by atoms with Gasteiger partial charge < -0.3 is 20.5 Å². The summed E-state index contributed by atoms with van der Waals surface area (Å²) in [6.45, 7) is 7.58. The molecule has 6 heteroatoms. The van der Waals surface area contributed by atoms with Gasteiger partial charge in [-0.25, -0.2) is 0 Å². The Morgan fingerprint density at radius 2 is 1.64 bits per heavy atom. The SMILES string of the molecule is COc1cc(C)c(C(C)NC(=O)C(C)C(C)N)cc1OC.Cl. The van der Waals surface area contributed by atoms with E-state index in [9.17, 15) is 4.79 Å². The number of methoxy groups -OCH3 is 2. The summed E-state index contributed by atoms with van der Waals surface area (Å²) in [6.07, 6.45) is 0. The third-order valence-electron chi connectivity index (χ3n) is 3.80. The van der Waals surface area contributed by atoms with E-state index in [0.29, 0.717) is 11.5 Å². The summed E-state index contributed by atoms with van der Waals surface area (Å²) in [5.41, 5.74) is 7.80. The second-order valence-electron chi connectivity index (χ2n) is 5.44. The Morgan fingerprint density at radius 3 is 2.09 bits per heavy atom. The van der Waals surface area contributed by atoms with Gasteiger partial charge in [0, 0.05) is 12.0 Å². The van der Waals surface area contributed by atoms with Gasteiger partial charge in [0.2, 0.25) is 5.91 Å². The quantitative estimate of drug-likeness (QED) is 0.840. The maximum absolute atomic E-state index is 12.1. The fraction of sp³-hybridized carbons (Fsp3) is 0.562. The highest BCUT2D eigenvalue weighted by molar-refractivity contribution is 5.85. The van der Waals surface area contributed by atoms with Gasteiger partial charge in [0.05, 0.1) is 20.3 Å². The second kappa shape index (κ2) is 8.86. The molecule has 0 radical (unpaired) electrons. The molecule has 0 spiro atoms. The van der Waals surface area contributed by atoms with Gasteiger partial charge >= 0.3 is 0 Å². The minimum atomic E-state index is -0.229. The number of hydrogen-bond acceptors (Lipinski definition) is 4. The Kier molecular flexibility index (Phi) is 8.27. The lowest BCUT2D eigenvalue weighted by Crippen LogP contribution is -2.39. The number of ether oxygens (including phenoxy) is 2. The van der Waals surface area contributed by atoms with Gasteiger partial charge in [-0.1, -0.05) is 6.92 Å². The number of amides is 1. The summed E-state index contributed by atoms with van der Waals surface area (Å²) in [6, 6.07) is 3.50. The molecule has 1 aromatic carbocycles. The molecule has 5 nitrogen and oxygen atoms in total. The monoisotopic (exact) mass is 330 g/mol. The van der Waals surface area contributed by atoms with Crippen molar-refractivity contribution in [2.45, 2.75) is 39.8 Å². The van der Waals surface area contributed by atoms with Gasteiger partial charge in [0.1, 0.15) is 0 Å². The molecule has 3 N–H and O–H groups in total. The molecule has 1 rings (SSSR count). The molecule has 0 aliphatic carbocycles. The number of carbonyl (C=O) groups is 1. The summed E-state index contributed by atoms with van der Waals surface area (Å²) in [5, 5.41) is 2.99. The van der Waals surface area contributed by atoms with Crippen molar-refractivity contribution in [1.82, 2.24) is 5.32 Å². The Balaban J connectivity index is 0.00000441.